The van der Waals surface area contributed by atoms with Gasteiger partial charge in [0.1, 0.15) is 11.6 Å². The van der Waals surface area contributed by atoms with Gasteiger partial charge in [-0.25, -0.2) is 8.78 Å². The highest BCUT2D eigenvalue weighted by Crippen LogP contribution is 2.27. The summed E-state index contributed by atoms with van der Waals surface area (Å²) in [5.41, 5.74) is 2.13. The average molecular weight is 392 g/mol. The second-order valence-electron chi connectivity index (χ2n) is 5.36. The molecule has 0 saturated carbocycles. The molecule has 3 rings (SSSR count). The van der Waals surface area contributed by atoms with Crippen LogP contribution in [0.4, 0.5) is 25.3 Å². The lowest BCUT2D eigenvalue weighted by molar-refractivity contribution is -0.113. The quantitative estimate of drug-likeness (QED) is 0.600. The van der Waals surface area contributed by atoms with Gasteiger partial charge >= 0.3 is 0 Å². The van der Waals surface area contributed by atoms with E-state index in [1.807, 2.05) is 31.2 Å². The van der Waals surface area contributed by atoms with Crippen LogP contribution >= 0.6 is 23.1 Å². The minimum absolute atomic E-state index is 0.0529. The van der Waals surface area contributed by atoms with E-state index in [-0.39, 0.29) is 17.3 Å². The Morgan fingerprint density at radius 3 is 2.46 bits per heavy atom. The van der Waals surface area contributed by atoms with E-state index in [9.17, 15) is 13.6 Å². The zero-order valence-corrected chi connectivity index (χ0v) is 15.3. The summed E-state index contributed by atoms with van der Waals surface area (Å²) in [6.45, 7) is 2.01. The smallest absolute Gasteiger partial charge is 0.234 e. The normalized spacial score (nSPS) is 10.6. The van der Waals surface area contributed by atoms with Crippen LogP contribution in [-0.4, -0.2) is 21.9 Å². The molecule has 1 amide bonds. The number of halogens is 2. The van der Waals surface area contributed by atoms with E-state index in [2.05, 4.69) is 20.8 Å². The Labute approximate surface area is 156 Å². The molecule has 0 radical (unpaired) electrons. The number of hydrogen-bond donors (Lipinski definition) is 2. The predicted octanol–water partition coefficient (Wildman–Crippen LogP) is 4.60. The first kappa shape index (κ1) is 18.3. The van der Waals surface area contributed by atoms with Crippen LogP contribution in [0.3, 0.4) is 0 Å². The van der Waals surface area contributed by atoms with Crippen molar-refractivity contribution < 1.29 is 13.6 Å². The number of carbonyl (C=O) groups excluding carboxylic acids is 1. The fourth-order valence-corrected chi connectivity index (χ4v) is 3.60. The maximum atomic E-state index is 13.1. The lowest BCUT2D eigenvalue weighted by Crippen LogP contribution is -2.14. The Balaban J connectivity index is 1.52. The Hall–Kier alpha value is -2.52. The Morgan fingerprint density at radius 1 is 1.08 bits per heavy atom. The molecule has 1 aromatic heterocycles. The lowest BCUT2D eigenvalue weighted by atomic mass is 10.2. The average Bonchev–Trinajstić information content (AvgIpc) is 3.02. The summed E-state index contributed by atoms with van der Waals surface area (Å²) in [7, 11) is 0. The Morgan fingerprint density at radius 2 is 1.77 bits per heavy atom. The molecule has 26 heavy (non-hydrogen) atoms. The number of carbonyl (C=O) groups is 1. The van der Waals surface area contributed by atoms with Gasteiger partial charge in [-0.1, -0.05) is 40.8 Å². The van der Waals surface area contributed by atoms with Crippen LogP contribution in [0.1, 0.15) is 5.56 Å². The molecule has 2 aromatic carbocycles. The van der Waals surface area contributed by atoms with E-state index in [1.165, 1.54) is 23.1 Å². The first-order chi connectivity index (χ1) is 12.5. The molecule has 2 N–H and O–H groups in total. The third-order valence-electron chi connectivity index (χ3n) is 3.18. The molecule has 1 heterocycles. The van der Waals surface area contributed by atoms with Gasteiger partial charge < -0.3 is 10.6 Å². The highest BCUT2D eigenvalue weighted by Gasteiger charge is 2.10. The molecule has 0 atom stereocenters. The van der Waals surface area contributed by atoms with Crippen LogP contribution in [0.25, 0.3) is 0 Å². The molecule has 9 heteroatoms. The predicted molar refractivity (Wildman–Crippen MR) is 100 cm³/mol. The van der Waals surface area contributed by atoms with Crippen LogP contribution in [0.2, 0.25) is 0 Å². The summed E-state index contributed by atoms with van der Waals surface area (Å²) >= 11 is 2.51. The molecule has 0 aliphatic carbocycles. The number of aryl methyl sites for hydroxylation is 1. The van der Waals surface area contributed by atoms with Crippen molar-refractivity contribution in [2.75, 3.05) is 16.4 Å². The summed E-state index contributed by atoms with van der Waals surface area (Å²) in [4.78, 5) is 11.9. The van der Waals surface area contributed by atoms with E-state index >= 15 is 0 Å². The molecular weight excluding hydrogens is 378 g/mol. The number of hydrogen-bond acceptors (Lipinski definition) is 6. The Bertz CT molecular complexity index is 895. The second kappa shape index (κ2) is 8.24. The van der Waals surface area contributed by atoms with E-state index < -0.39 is 11.6 Å². The van der Waals surface area contributed by atoms with Gasteiger partial charge in [0.2, 0.25) is 11.0 Å². The van der Waals surface area contributed by atoms with Crippen LogP contribution in [-0.2, 0) is 4.79 Å². The maximum Gasteiger partial charge on any atom is 0.234 e. The number of amides is 1. The van der Waals surface area contributed by atoms with Crippen LogP contribution < -0.4 is 10.6 Å². The third-order valence-corrected chi connectivity index (χ3v) is 5.15. The molecule has 134 valence electrons. The number of nitrogens with zero attached hydrogens (tertiary/aromatic N) is 2. The molecule has 0 saturated heterocycles. The van der Waals surface area contributed by atoms with Gasteiger partial charge in [0.25, 0.3) is 0 Å². The van der Waals surface area contributed by atoms with E-state index in [0.717, 1.165) is 29.4 Å². The van der Waals surface area contributed by atoms with E-state index in [0.29, 0.717) is 9.47 Å². The largest absolute Gasteiger partial charge is 0.330 e. The zero-order chi connectivity index (χ0) is 18.5. The van der Waals surface area contributed by atoms with Crippen molar-refractivity contribution in [2.24, 2.45) is 0 Å². The first-order valence-corrected chi connectivity index (χ1v) is 9.34. The third kappa shape index (κ3) is 5.24. The van der Waals surface area contributed by atoms with Crippen molar-refractivity contribution >= 4 is 45.5 Å². The second-order valence-corrected chi connectivity index (χ2v) is 7.56. The fourth-order valence-electron chi connectivity index (χ4n) is 2.03. The number of benzene rings is 2. The summed E-state index contributed by atoms with van der Waals surface area (Å²) in [6, 6.07) is 10.7. The van der Waals surface area contributed by atoms with E-state index in [1.54, 1.807) is 0 Å². The van der Waals surface area contributed by atoms with Crippen molar-refractivity contribution in [2.45, 2.75) is 11.3 Å². The molecule has 0 aliphatic rings. The van der Waals surface area contributed by atoms with Gasteiger partial charge in [0.05, 0.1) is 5.75 Å². The standard InChI is InChI=1S/C17H14F2N4OS2/c1-10-2-4-13(5-3-10)21-16-22-23-17(26-16)25-9-15(24)20-14-7-11(18)6-12(19)8-14/h2-8H,9H2,1H3,(H,20,24)(H,21,22). The molecule has 3 aromatic rings. The van der Waals surface area contributed by atoms with Crippen molar-refractivity contribution in [1.82, 2.24) is 10.2 Å². The van der Waals surface area contributed by atoms with Gasteiger partial charge in [-0.2, -0.15) is 0 Å². The fraction of sp³-hybridized carbons (Fsp3) is 0.118. The summed E-state index contributed by atoms with van der Waals surface area (Å²) in [5.74, 6) is -1.83. The highest BCUT2D eigenvalue weighted by atomic mass is 32.2. The molecule has 0 fully saturated rings. The summed E-state index contributed by atoms with van der Waals surface area (Å²) in [5, 5.41) is 14.2. The molecular formula is C17H14F2N4OS2. The number of aromatic nitrogens is 2. The number of anilines is 3. The number of rotatable bonds is 6. The van der Waals surface area contributed by atoms with Crippen molar-refractivity contribution in [1.29, 1.82) is 0 Å². The molecule has 0 aliphatic heterocycles. The summed E-state index contributed by atoms with van der Waals surface area (Å²) < 4.78 is 26.8. The number of thioether (sulfide) groups is 1. The van der Waals surface area contributed by atoms with Crippen molar-refractivity contribution in [3.05, 3.63) is 59.7 Å². The molecule has 0 spiro atoms. The minimum atomic E-state index is -0.746. The van der Waals surface area contributed by atoms with Gasteiger partial charge in [-0.3, -0.25) is 4.79 Å². The molecule has 0 bridgehead atoms. The van der Waals surface area contributed by atoms with E-state index in [4.69, 9.17) is 0 Å². The van der Waals surface area contributed by atoms with Crippen LogP contribution in [0, 0.1) is 18.6 Å². The molecule has 5 nitrogen and oxygen atoms in total. The lowest BCUT2D eigenvalue weighted by Gasteiger charge is -2.04. The Kier molecular flexibility index (Phi) is 5.79. The molecule has 0 unspecified atom stereocenters. The van der Waals surface area contributed by atoms with Gasteiger partial charge in [0.15, 0.2) is 4.34 Å². The van der Waals surface area contributed by atoms with Gasteiger partial charge in [-0.15, -0.1) is 10.2 Å². The minimum Gasteiger partial charge on any atom is -0.330 e. The summed E-state index contributed by atoms with van der Waals surface area (Å²) in [6.07, 6.45) is 0. The van der Waals surface area contributed by atoms with Gasteiger partial charge in [0, 0.05) is 17.4 Å². The van der Waals surface area contributed by atoms with Crippen molar-refractivity contribution in [3.63, 3.8) is 0 Å². The van der Waals surface area contributed by atoms with Crippen LogP contribution in [0.15, 0.2) is 46.8 Å². The van der Waals surface area contributed by atoms with Crippen LogP contribution in [0.5, 0.6) is 0 Å². The highest BCUT2D eigenvalue weighted by molar-refractivity contribution is 8.01. The maximum absolute atomic E-state index is 13.1. The monoisotopic (exact) mass is 392 g/mol. The van der Waals surface area contributed by atoms with Gasteiger partial charge in [-0.05, 0) is 31.2 Å². The zero-order valence-electron chi connectivity index (χ0n) is 13.6. The SMILES string of the molecule is Cc1ccc(Nc2nnc(SCC(=O)Nc3cc(F)cc(F)c3)s2)cc1. The topological polar surface area (TPSA) is 66.9 Å². The first-order valence-electron chi connectivity index (χ1n) is 7.54. The van der Waals surface area contributed by atoms with Crippen molar-refractivity contribution in [3.8, 4) is 0 Å². The number of nitrogens with one attached hydrogen (secondary N) is 2.